The second-order valence-corrected chi connectivity index (χ2v) is 15.0. The van der Waals surface area contributed by atoms with Crippen LogP contribution in [0.4, 0.5) is 0 Å². The van der Waals surface area contributed by atoms with E-state index in [0.29, 0.717) is 27.9 Å². The molecule has 0 N–H and O–H groups in total. The fourth-order valence-corrected chi connectivity index (χ4v) is 8.15. The number of aromatic nitrogens is 3. The molecule has 12 rings (SSSR count). The molecule has 0 amide bonds. The largest absolute Gasteiger partial charge is 0.456 e. The van der Waals surface area contributed by atoms with E-state index in [1.165, 1.54) is 0 Å². The second kappa shape index (κ2) is 14.7. The molecule has 3 heterocycles. The van der Waals surface area contributed by atoms with E-state index in [4.69, 9.17) is 26.5 Å². The van der Waals surface area contributed by atoms with Gasteiger partial charge in [-0.2, -0.15) is 0 Å². The number of fused-ring (bicyclic) bond motifs is 6. The lowest BCUT2D eigenvalue weighted by Crippen LogP contribution is -2.00. The van der Waals surface area contributed by atoms with Crippen LogP contribution in [0.2, 0.25) is 0 Å². The highest BCUT2D eigenvalue weighted by Crippen LogP contribution is 2.41. The number of hydrogen-bond acceptors (Lipinski definition) is 5. The molecule has 0 radical (unpaired) electrons. The van der Waals surface area contributed by atoms with Crippen molar-refractivity contribution in [3.8, 4) is 78.7 Å². The zero-order valence-electron chi connectivity index (χ0n) is 38.9. The van der Waals surface area contributed by atoms with Crippen molar-refractivity contribution in [3.05, 3.63) is 212 Å². The maximum atomic E-state index is 9.68. The highest BCUT2D eigenvalue weighted by molar-refractivity contribution is 6.13. The first-order valence-corrected chi connectivity index (χ1v) is 20.3. The SMILES string of the molecule is [2H]c1c(-c2cccc(-c3ccccc3)c2)c([2H])c2c(oc3c([2H])c(-c4nc(-c5ccc(-c6ccccc6)cc5)nc(-c5cccc6c5oc5c(-c7ccccc7)cccc56)n4)c([2H])c([2H])c32)c1[2H]. The van der Waals surface area contributed by atoms with E-state index < -0.39 is 0 Å². The van der Waals surface area contributed by atoms with Crippen LogP contribution in [-0.2, 0) is 0 Å². The van der Waals surface area contributed by atoms with Crippen LogP contribution in [-0.4, -0.2) is 15.0 Å². The highest BCUT2D eigenvalue weighted by Gasteiger charge is 2.20. The number of hydrogen-bond donors (Lipinski definition) is 0. The third-order valence-electron chi connectivity index (χ3n) is 11.2. The summed E-state index contributed by atoms with van der Waals surface area (Å²) in [5.41, 5.74) is 8.65. The first kappa shape index (κ1) is 29.7. The molecule has 0 unspecified atom stereocenters. The molecule has 12 aromatic rings. The smallest absolute Gasteiger partial charge is 0.167 e. The molecule has 0 saturated heterocycles. The Morgan fingerprint density at radius 2 is 0.823 bits per heavy atom. The summed E-state index contributed by atoms with van der Waals surface area (Å²) >= 11 is 0. The summed E-state index contributed by atoms with van der Waals surface area (Å²) < 4.78 is 69.6. The Bertz CT molecular complexity index is 3970. The lowest BCUT2D eigenvalue weighted by atomic mass is 9.98. The van der Waals surface area contributed by atoms with E-state index in [9.17, 15) is 5.48 Å². The molecular formula is C57H35N3O2. The van der Waals surface area contributed by atoms with Crippen molar-refractivity contribution in [2.24, 2.45) is 0 Å². The van der Waals surface area contributed by atoms with E-state index in [1.54, 1.807) is 6.07 Å². The van der Waals surface area contributed by atoms with Crippen molar-refractivity contribution < 1.29 is 17.1 Å². The van der Waals surface area contributed by atoms with Crippen LogP contribution in [0.15, 0.2) is 221 Å². The maximum Gasteiger partial charge on any atom is 0.167 e. The first-order valence-electron chi connectivity index (χ1n) is 23.3. The number of para-hydroxylation sites is 2. The Kier molecular flexibility index (Phi) is 7.05. The predicted molar refractivity (Wildman–Crippen MR) is 252 cm³/mol. The summed E-state index contributed by atoms with van der Waals surface area (Å²) in [4.78, 5) is 14.9. The van der Waals surface area contributed by atoms with Gasteiger partial charge < -0.3 is 8.83 Å². The zero-order valence-corrected chi connectivity index (χ0v) is 32.9. The Hall–Kier alpha value is -8.41. The van der Waals surface area contributed by atoms with Crippen LogP contribution in [0, 0.1) is 0 Å². The standard InChI is InChI=1S/C57H35N3O2/c1-4-13-36(14-5-1)38-25-27-40(28-26-38)55-58-56(60-57(59-55)49-24-12-23-48-47-22-11-21-45(53(47)62-54(48)49)39-17-8-3-9-18-39)44-29-31-46-50-34-43(30-32-51(50)61-52(46)35-44)42-20-10-19-41(33-42)37-15-6-2-7-16-37/h1-35H/i29D,30D,31D,32D,34D,35D. The Balaban J connectivity index is 1.07. The molecule has 62 heavy (non-hydrogen) atoms. The summed E-state index contributed by atoms with van der Waals surface area (Å²) in [5.74, 6) is 0.444. The molecule has 0 aliphatic heterocycles. The fraction of sp³-hybridized carbons (Fsp3) is 0. The van der Waals surface area contributed by atoms with Gasteiger partial charge in [0.15, 0.2) is 17.5 Å². The topological polar surface area (TPSA) is 65.0 Å². The van der Waals surface area contributed by atoms with Gasteiger partial charge in [-0.05, 0) is 75.2 Å². The normalized spacial score (nSPS) is 12.9. The van der Waals surface area contributed by atoms with Gasteiger partial charge in [0.1, 0.15) is 22.3 Å². The van der Waals surface area contributed by atoms with Gasteiger partial charge in [-0.25, -0.2) is 15.0 Å². The van der Waals surface area contributed by atoms with E-state index in [1.807, 2.05) is 170 Å². The minimum atomic E-state index is -0.365. The minimum Gasteiger partial charge on any atom is -0.456 e. The summed E-state index contributed by atoms with van der Waals surface area (Å²) in [7, 11) is 0. The highest BCUT2D eigenvalue weighted by atomic mass is 16.3. The van der Waals surface area contributed by atoms with Crippen LogP contribution < -0.4 is 0 Å². The Morgan fingerprint density at radius 3 is 1.53 bits per heavy atom. The fourth-order valence-electron chi connectivity index (χ4n) is 8.15. The van der Waals surface area contributed by atoms with Gasteiger partial charge in [0, 0.05) is 38.2 Å². The molecule has 0 fully saturated rings. The van der Waals surface area contributed by atoms with Gasteiger partial charge in [-0.3, -0.25) is 0 Å². The Labute approximate surface area is 365 Å². The summed E-state index contributed by atoms with van der Waals surface area (Å²) in [5, 5.41) is 1.88. The third kappa shape index (κ3) is 6.23. The van der Waals surface area contributed by atoms with Crippen molar-refractivity contribution in [2.75, 3.05) is 0 Å². The quantitative estimate of drug-likeness (QED) is 0.161. The number of furan rings is 2. The molecule has 5 heteroatoms. The van der Waals surface area contributed by atoms with Crippen molar-refractivity contribution >= 4 is 43.9 Å². The van der Waals surface area contributed by atoms with Gasteiger partial charge >= 0.3 is 0 Å². The average Bonchev–Trinajstić information content (AvgIpc) is 3.99. The maximum absolute atomic E-state index is 9.68. The van der Waals surface area contributed by atoms with Gasteiger partial charge in [-0.1, -0.05) is 176 Å². The van der Waals surface area contributed by atoms with Crippen molar-refractivity contribution in [1.82, 2.24) is 15.0 Å². The lowest BCUT2D eigenvalue weighted by Gasteiger charge is -2.09. The van der Waals surface area contributed by atoms with Gasteiger partial charge in [0.2, 0.25) is 0 Å². The van der Waals surface area contributed by atoms with Crippen molar-refractivity contribution in [3.63, 3.8) is 0 Å². The summed E-state index contributed by atoms with van der Waals surface area (Å²) in [6, 6.07) is 55.2. The van der Waals surface area contributed by atoms with Crippen LogP contribution in [0.1, 0.15) is 8.22 Å². The van der Waals surface area contributed by atoms with Gasteiger partial charge in [-0.15, -0.1) is 0 Å². The average molecular weight is 800 g/mol. The van der Waals surface area contributed by atoms with Crippen LogP contribution in [0.3, 0.4) is 0 Å². The number of nitrogens with zero attached hydrogens (tertiary/aromatic N) is 3. The monoisotopic (exact) mass is 799 g/mol. The third-order valence-corrected chi connectivity index (χ3v) is 11.2. The zero-order chi connectivity index (χ0) is 46.2. The molecule has 0 aliphatic rings. The molecule has 5 nitrogen and oxygen atoms in total. The summed E-state index contributed by atoms with van der Waals surface area (Å²) in [6.45, 7) is 0. The minimum absolute atomic E-state index is 0.0324. The molecule has 0 bridgehead atoms. The molecule has 3 aromatic heterocycles. The lowest BCUT2D eigenvalue weighted by molar-refractivity contribution is 0.669. The molecule has 0 saturated carbocycles. The van der Waals surface area contributed by atoms with E-state index in [0.717, 1.165) is 44.2 Å². The number of benzene rings is 9. The second-order valence-electron chi connectivity index (χ2n) is 15.0. The van der Waals surface area contributed by atoms with Gasteiger partial charge in [0.05, 0.1) is 13.8 Å². The van der Waals surface area contributed by atoms with E-state index >= 15 is 0 Å². The van der Waals surface area contributed by atoms with Gasteiger partial charge in [0.25, 0.3) is 0 Å². The molecule has 0 spiro atoms. The summed E-state index contributed by atoms with van der Waals surface area (Å²) in [6.07, 6.45) is 0. The molecular weight excluding hydrogens is 759 g/mol. The van der Waals surface area contributed by atoms with Crippen molar-refractivity contribution in [2.45, 2.75) is 0 Å². The van der Waals surface area contributed by atoms with E-state index in [-0.39, 0.29) is 86.8 Å². The Morgan fingerprint density at radius 1 is 0.306 bits per heavy atom. The molecule has 9 aromatic carbocycles. The van der Waals surface area contributed by atoms with Crippen LogP contribution >= 0.6 is 0 Å². The van der Waals surface area contributed by atoms with Crippen LogP contribution in [0.25, 0.3) is 123 Å². The molecule has 0 aliphatic carbocycles. The van der Waals surface area contributed by atoms with Crippen molar-refractivity contribution in [1.29, 1.82) is 0 Å². The molecule has 290 valence electrons. The van der Waals surface area contributed by atoms with Crippen LogP contribution in [0.5, 0.6) is 0 Å². The molecule has 0 atom stereocenters. The number of rotatable bonds is 7. The first-order chi connectivity index (χ1) is 33.2. The predicted octanol–water partition coefficient (Wildman–Crippen LogP) is 15.3. The van der Waals surface area contributed by atoms with E-state index in [2.05, 4.69) is 0 Å².